The molecule has 5 heteroatoms. The monoisotopic (exact) mass is 268 g/mol. The van der Waals surface area contributed by atoms with Crippen molar-refractivity contribution in [3.8, 4) is 0 Å². The lowest BCUT2D eigenvalue weighted by atomic mass is 10.0. The van der Waals surface area contributed by atoms with Crippen LogP contribution in [0.25, 0.3) is 0 Å². The van der Waals surface area contributed by atoms with Crippen molar-refractivity contribution in [3.63, 3.8) is 0 Å². The first-order chi connectivity index (χ1) is 8.56. The van der Waals surface area contributed by atoms with Gasteiger partial charge in [0.2, 0.25) is 10.0 Å². The minimum atomic E-state index is -3.32. The predicted molar refractivity (Wildman–Crippen MR) is 72.0 cm³/mol. The Morgan fingerprint density at radius 2 is 1.83 bits per heavy atom. The largest absolute Gasteiger partial charge is 0.316 e. The van der Waals surface area contributed by atoms with Gasteiger partial charge in [-0.1, -0.05) is 12.1 Å². The van der Waals surface area contributed by atoms with Gasteiger partial charge in [0.25, 0.3) is 0 Å². The maximum absolute atomic E-state index is 11.6. The molecule has 1 saturated carbocycles. The first-order valence-corrected chi connectivity index (χ1v) is 7.75. The lowest BCUT2D eigenvalue weighted by Gasteiger charge is -2.15. The molecular weight excluding hydrogens is 248 g/mol. The standard InChI is InChI=1S/C13H20N2O2S/c1-14-13(11-5-6-11)9-10-3-7-12(8-4-10)18(16,17)15-2/h3-4,7-8,11,13-15H,5-6,9H2,1-2H3. The molecule has 0 aromatic heterocycles. The van der Waals surface area contributed by atoms with Crippen LogP contribution < -0.4 is 10.0 Å². The molecule has 1 atom stereocenters. The predicted octanol–water partition coefficient (Wildman–Crippen LogP) is 1.14. The van der Waals surface area contributed by atoms with Crippen molar-refractivity contribution in [2.75, 3.05) is 14.1 Å². The molecule has 0 radical (unpaired) electrons. The van der Waals surface area contributed by atoms with Crippen LogP contribution in [-0.4, -0.2) is 28.6 Å². The van der Waals surface area contributed by atoms with Gasteiger partial charge in [0.05, 0.1) is 4.90 Å². The fraction of sp³-hybridized carbons (Fsp3) is 0.538. The highest BCUT2D eigenvalue weighted by molar-refractivity contribution is 7.89. The summed E-state index contributed by atoms with van der Waals surface area (Å²) in [4.78, 5) is 0.321. The van der Waals surface area contributed by atoms with E-state index in [1.165, 1.54) is 25.5 Å². The number of sulfonamides is 1. The van der Waals surface area contributed by atoms with Crippen molar-refractivity contribution < 1.29 is 8.42 Å². The fourth-order valence-corrected chi connectivity index (χ4v) is 2.91. The second-order valence-electron chi connectivity index (χ2n) is 4.79. The van der Waals surface area contributed by atoms with E-state index in [0.29, 0.717) is 10.9 Å². The Balaban J connectivity index is 2.07. The first kappa shape index (κ1) is 13.5. The van der Waals surface area contributed by atoms with Crippen molar-refractivity contribution in [2.24, 2.45) is 5.92 Å². The van der Waals surface area contributed by atoms with Crippen LogP contribution in [0.4, 0.5) is 0 Å². The van der Waals surface area contributed by atoms with Crippen molar-refractivity contribution in [2.45, 2.75) is 30.2 Å². The molecule has 0 heterocycles. The number of rotatable bonds is 6. The minimum Gasteiger partial charge on any atom is -0.316 e. The van der Waals surface area contributed by atoms with Crippen LogP contribution >= 0.6 is 0 Å². The average Bonchev–Trinajstić information content (AvgIpc) is 3.21. The zero-order valence-electron chi connectivity index (χ0n) is 10.8. The maximum Gasteiger partial charge on any atom is 0.240 e. The highest BCUT2D eigenvalue weighted by atomic mass is 32.2. The van der Waals surface area contributed by atoms with Gasteiger partial charge in [-0.2, -0.15) is 0 Å². The molecule has 1 fully saturated rings. The van der Waals surface area contributed by atoms with Crippen LogP contribution in [0.3, 0.4) is 0 Å². The summed E-state index contributed by atoms with van der Waals surface area (Å²) in [7, 11) is 0.0943. The minimum absolute atomic E-state index is 0.321. The molecule has 1 aliphatic rings. The van der Waals surface area contributed by atoms with Crippen LogP contribution in [-0.2, 0) is 16.4 Å². The Morgan fingerprint density at radius 3 is 2.28 bits per heavy atom. The third kappa shape index (κ3) is 3.10. The Bertz CT molecular complexity index is 492. The second kappa shape index (κ2) is 5.38. The Labute approximate surface area is 109 Å². The number of likely N-dealkylation sites (N-methyl/N-ethyl adjacent to an activating group) is 1. The number of benzene rings is 1. The van der Waals surface area contributed by atoms with Gasteiger partial charge in [-0.25, -0.2) is 13.1 Å². The van der Waals surface area contributed by atoms with E-state index in [1.807, 2.05) is 19.2 Å². The zero-order valence-corrected chi connectivity index (χ0v) is 11.6. The van der Waals surface area contributed by atoms with Gasteiger partial charge in [-0.3, -0.25) is 0 Å². The summed E-state index contributed by atoms with van der Waals surface area (Å²) in [5.74, 6) is 0.788. The molecular formula is C13H20N2O2S. The SMILES string of the molecule is CNC(Cc1ccc(S(=O)(=O)NC)cc1)C1CC1. The van der Waals surface area contributed by atoms with Crippen LogP contribution in [0, 0.1) is 5.92 Å². The molecule has 100 valence electrons. The van der Waals surface area contributed by atoms with Gasteiger partial charge < -0.3 is 5.32 Å². The second-order valence-corrected chi connectivity index (χ2v) is 6.67. The van der Waals surface area contributed by atoms with Gasteiger partial charge in [0, 0.05) is 6.04 Å². The Kier molecular flexibility index (Phi) is 4.04. The molecule has 1 aliphatic carbocycles. The topological polar surface area (TPSA) is 58.2 Å². The van der Waals surface area contributed by atoms with E-state index < -0.39 is 10.0 Å². The molecule has 1 unspecified atom stereocenters. The first-order valence-electron chi connectivity index (χ1n) is 6.26. The van der Waals surface area contributed by atoms with E-state index in [9.17, 15) is 8.42 Å². The van der Waals surface area contributed by atoms with Gasteiger partial charge >= 0.3 is 0 Å². The normalized spacial score (nSPS) is 17.7. The molecule has 0 aliphatic heterocycles. The van der Waals surface area contributed by atoms with Gasteiger partial charge in [-0.15, -0.1) is 0 Å². The maximum atomic E-state index is 11.6. The molecule has 0 amide bonds. The van der Waals surface area contributed by atoms with E-state index in [-0.39, 0.29) is 0 Å². The molecule has 0 bridgehead atoms. The summed E-state index contributed by atoms with van der Waals surface area (Å²) < 4.78 is 25.5. The molecule has 1 aromatic carbocycles. The average molecular weight is 268 g/mol. The molecule has 18 heavy (non-hydrogen) atoms. The third-order valence-electron chi connectivity index (χ3n) is 3.52. The Hall–Kier alpha value is -0.910. The van der Waals surface area contributed by atoms with E-state index >= 15 is 0 Å². The lowest BCUT2D eigenvalue weighted by molar-refractivity contribution is 0.500. The van der Waals surface area contributed by atoms with E-state index in [4.69, 9.17) is 0 Å². The smallest absolute Gasteiger partial charge is 0.240 e. The zero-order chi connectivity index (χ0) is 13.2. The molecule has 2 N–H and O–H groups in total. The molecule has 0 spiro atoms. The Morgan fingerprint density at radius 1 is 1.22 bits per heavy atom. The molecule has 2 rings (SSSR count). The van der Waals surface area contributed by atoms with Crippen molar-refractivity contribution in [1.29, 1.82) is 0 Å². The number of hydrogen-bond acceptors (Lipinski definition) is 3. The summed E-state index contributed by atoms with van der Waals surface area (Å²) in [6, 6.07) is 7.65. The van der Waals surface area contributed by atoms with Crippen molar-refractivity contribution in [3.05, 3.63) is 29.8 Å². The van der Waals surface area contributed by atoms with Gasteiger partial charge in [0.1, 0.15) is 0 Å². The highest BCUT2D eigenvalue weighted by Gasteiger charge is 2.29. The molecule has 0 saturated heterocycles. The number of nitrogens with one attached hydrogen (secondary N) is 2. The van der Waals surface area contributed by atoms with Crippen LogP contribution in [0.1, 0.15) is 18.4 Å². The van der Waals surface area contributed by atoms with Crippen molar-refractivity contribution in [1.82, 2.24) is 10.0 Å². The van der Waals surface area contributed by atoms with Crippen molar-refractivity contribution >= 4 is 10.0 Å². The van der Waals surface area contributed by atoms with Crippen LogP contribution in [0.15, 0.2) is 29.2 Å². The van der Waals surface area contributed by atoms with E-state index in [0.717, 1.165) is 12.3 Å². The number of hydrogen-bond donors (Lipinski definition) is 2. The molecule has 1 aromatic rings. The third-order valence-corrected chi connectivity index (χ3v) is 4.95. The fourth-order valence-electron chi connectivity index (χ4n) is 2.18. The quantitative estimate of drug-likeness (QED) is 0.813. The summed E-state index contributed by atoms with van der Waals surface area (Å²) in [5, 5.41) is 3.34. The van der Waals surface area contributed by atoms with Gasteiger partial charge in [-0.05, 0) is 57.0 Å². The summed E-state index contributed by atoms with van der Waals surface area (Å²) in [5.41, 5.74) is 1.18. The summed E-state index contributed by atoms with van der Waals surface area (Å²) in [6.45, 7) is 0. The summed E-state index contributed by atoms with van der Waals surface area (Å²) in [6.07, 6.45) is 3.57. The highest BCUT2D eigenvalue weighted by Crippen LogP contribution is 2.33. The lowest BCUT2D eigenvalue weighted by Crippen LogP contribution is -2.29. The van der Waals surface area contributed by atoms with Crippen LogP contribution in [0.2, 0.25) is 0 Å². The van der Waals surface area contributed by atoms with Gasteiger partial charge in [0.15, 0.2) is 0 Å². The van der Waals surface area contributed by atoms with E-state index in [2.05, 4.69) is 10.0 Å². The molecule has 4 nitrogen and oxygen atoms in total. The summed E-state index contributed by atoms with van der Waals surface area (Å²) >= 11 is 0. The van der Waals surface area contributed by atoms with Crippen LogP contribution in [0.5, 0.6) is 0 Å². The van der Waals surface area contributed by atoms with E-state index in [1.54, 1.807) is 12.1 Å².